The van der Waals surface area contributed by atoms with Gasteiger partial charge in [-0.05, 0) is 25.0 Å². The number of aromatic nitrogens is 1. The normalized spacial score (nSPS) is 14.2. The number of benzene rings is 1. The summed E-state index contributed by atoms with van der Waals surface area (Å²) >= 11 is 0. The second-order valence-corrected chi connectivity index (χ2v) is 4.53. The predicted molar refractivity (Wildman–Crippen MR) is 78.9 cm³/mol. The zero-order valence-electron chi connectivity index (χ0n) is 10.5. The highest BCUT2D eigenvalue weighted by Gasteiger charge is 2.10. The maximum absolute atomic E-state index is 4.44. The van der Waals surface area contributed by atoms with Gasteiger partial charge < -0.3 is 10.3 Å². The molecule has 0 saturated heterocycles. The van der Waals surface area contributed by atoms with Crippen LogP contribution in [0.1, 0.15) is 17.7 Å². The van der Waals surface area contributed by atoms with Crippen LogP contribution in [0.2, 0.25) is 0 Å². The third kappa shape index (κ3) is 2.36. The van der Waals surface area contributed by atoms with Gasteiger partial charge in [-0.3, -0.25) is 4.99 Å². The van der Waals surface area contributed by atoms with Crippen molar-refractivity contribution < 1.29 is 0 Å². The van der Waals surface area contributed by atoms with Crippen LogP contribution in [-0.2, 0) is 6.42 Å². The number of rotatable bonds is 3. The van der Waals surface area contributed by atoms with E-state index in [2.05, 4.69) is 46.5 Å². The van der Waals surface area contributed by atoms with E-state index in [1.165, 1.54) is 22.2 Å². The third-order valence-corrected chi connectivity index (χ3v) is 3.38. The SMILES string of the molecule is Cc1[nH]c2ccccc2c1CCC1=NCCN1.Cl. The number of fused-ring (bicyclic) bond motifs is 1. The largest absolute Gasteiger partial charge is 0.372 e. The lowest BCUT2D eigenvalue weighted by Crippen LogP contribution is -2.18. The molecule has 0 unspecified atom stereocenters. The summed E-state index contributed by atoms with van der Waals surface area (Å²) < 4.78 is 0. The highest BCUT2D eigenvalue weighted by atomic mass is 35.5. The second-order valence-electron chi connectivity index (χ2n) is 4.53. The predicted octanol–water partition coefficient (Wildman–Crippen LogP) is 2.83. The molecule has 0 aliphatic carbocycles. The van der Waals surface area contributed by atoms with E-state index >= 15 is 0 Å². The fourth-order valence-electron chi connectivity index (χ4n) is 2.51. The summed E-state index contributed by atoms with van der Waals surface area (Å²) in [5.74, 6) is 1.16. The molecule has 0 saturated carbocycles. The van der Waals surface area contributed by atoms with Crippen LogP contribution in [0.25, 0.3) is 10.9 Å². The van der Waals surface area contributed by atoms with Crippen molar-refractivity contribution >= 4 is 29.1 Å². The summed E-state index contributed by atoms with van der Waals surface area (Å²) in [5, 5.41) is 4.68. The van der Waals surface area contributed by atoms with E-state index in [1.54, 1.807) is 0 Å². The topological polar surface area (TPSA) is 40.2 Å². The van der Waals surface area contributed by atoms with Gasteiger partial charge in [0.25, 0.3) is 0 Å². The van der Waals surface area contributed by atoms with Crippen molar-refractivity contribution in [3.63, 3.8) is 0 Å². The first-order valence-corrected chi connectivity index (χ1v) is 6.18. The molecule has 2 aromatic rings. The Morgan fingerprint density at radius 2 is 2.06 bits per heavy atom. The second kappa shape index (κ2) is 5.44. The van der Waals surface area contributed by atoms with Crippen molar-refractivity contribution in [1.29, 1.82) is 0 Å². The Morgan fingerprint density at radius 3 is 2.83 bits per heavy atom. The van der Waals surface area contributed by atoms with Gasteiger partial charge in [-0.25, -0.2) is 0 Å². The summed E-state index contributed by atoms with van der Waals surface area (Å²) in [6, 6.07) is 8.50. The van der Waals surface area contributed by atoms with Gasteiger partial charge in [0.05, 0.1) is 12.4 Å². The van der Waals surface area contributed by atoms with Gasteiger partial charge in [-0.15, -0.1) is 12.4 Å². The Morgan fingerprint density at radius 1 is 1.22 bits per heavy atom. The molecule has 3 rings (SSSR count). The number of nitrogens with zero attached hydrogens (tertiary/aromatic N) is 1. The Labute approximate surface area is 113 Å². The Hall–Kier alpha value is -1.48. The van der Waals surface area contributed by atoms with E-state index in [1.807, 2.05) is 0 Å². The van der Waals surface area contributed by atoms with Crippen molar-refractivity contribution in [3.8, 4) is 0 Å². The third-order valence-electron chi connectivity index (χ3n) is 3.38. The summed E-state index contributed by atoms with van der Waals surface area (Å²) in [5.41, 5.74) is 3.95. The number of para-hydroxylation sites is 1. The van der Waals surface area contributed by atoms with Crippen LogP contribution in [0.15, 0.2) is 29.3 Å². The smallest absolute Gasteiger partial charge is 0.0967 e. The molecule has 18 heavy (non-hydrogen) atoms. The molecule has 0 spiro atoms. The molecule has 1 aliphatic rings. The number of nitrogens with one attached hydrogen (secondary N) is 2. The van der Waals surface area contributed by atoms with Gasteiger partial charge in [-0.1, -0.05) is 18.2 Å². The van der Waals surface area contributed by atoms with Crippen molar-refractivity contribution in [2.75, 3.05) is 13.1 Å². The lowest BCUT2D eigenvalue weighted by Gasteiger charge is -2.03. The van der Waals surface area contributed by atoms with Crippen LogP contribution in [0.4, 0.5) is 0 Å². The van der Waals surface area contributed by atoms with Crippen LogP contribution < -0.4 is 5.32 Å². The molecule has 0 atom stereocenters. The van der Waals surface area contributed by atoms with E-state index in [9.17, 15) is 0 Å². The number of halogens is 1. The van der Waals surface area contributed by atoms with Crippen molar-refractivity contribution in [2.45, 2.75) is 19.8 Å². The molecule has 2 heterocycles. The van der Waals surface area contributed by atoms with Crippen LogP contribution in [0.3, 0.4) is 0 Å². The van der Waals surface area contributed by atoms with Crippen LogP contribution >= 0.6 is 12.4 Å². The van der Waals surface area contributed by atoms with Crippen molar-refractivity contribution in [2.24, 2.45) is 4.99 Å². The van der Waals surface area contributed by atoms with E-state index < -0.39 is 0 Å². The van der Waals surface area contributed by atoms with Gasteiger partial charge in [0.2, 0.25) is 0 Å². The number of aryl methyl sites for hydroxylation is 2. The molecule has 1 aliphatic heterocycles. The molecular weight excluding hydrogens is 246 g/mol. The van der Waals surface area contributed by atoms with Crippen molar-refractivity contribution in [3.05, 3.63) is 35.5 Å². The highest BCUT2D eigenvalue weighted by molar-refractivity contribution is 5.87. The molecule has 1 aromatic carbocycles. The average molecular weight is 264 g/mol. The number of amidine groups is 1. The molecule has 0 bridgehead atoms. The van der Waals surface area contributed by atoms with Crippen molar-refractivity contribution in [1.82, 2.24) is 10.3 Å². The molecule has 1 aromatic heterocycles. The van der Waals surface area contributed by atoms with E-state index in [-0.39, 0.29) is 12.4 Å². The maximum atomic E-state index is 4.44. The Balaban J connectivity index is 0.00000120. The monoisotopic (exact) mass is 263 g/mol. The van der Waals surface area contributed by atoms with E-state index in [0.717, 1.165) is 31.8 Å². The van der Waals surface area contributed by atoms with Crippen LogP contribution in [0, 0.1) is 6.92 Å². The summed E-state index contributed by atoms with van der Waals surface area (Å²) in [6.45, 7) is 4.09. The fraction of sp³-hybridized carbons (Fsp3) is 0.357. The Bertz CT molecular complexity index is 571. The van der Waals surface area contributed by atoms with Gasteiger partial charge in [0, 0.05) is 29.6 Å². The minimum absolute atomic E-state index is 0. The summed E-state index contributed by atoms with van der Waals surface area (Å²) in [7, 11) is 0. The standard InChI is InChI=1S/C14H17N3.ClH/c1-10-11(6-7-14-15-8-9-16-14)12-4-2-3-5-13(12)17-10;/h2-5,17H,6-9H2,1H3,(H,15,16);1H. The molecule has 0 amide bonds. The first-order chi connectivity index (χ1) is 8.34. The number of aliphatic imine (C=N–C) groups is 1. The van der Waals surface area contributed by atoms with Gasteiger partial charge in [-0.2, -0.15) is 0 Å². The fourth-order valence-corrected chi connectivity index (χ4v) is 2.51. The first kappa shape index (κ1) is 13.0. The number of hydrogen-bond donors (Lipinski definition) is 2. The molecule has 2 N–H and O–H groups in total. The minimum atomic E-state index is 0. The van der Waals surface area contributed by atoms with E-state index in [0.29, 0.717) is 0 Å². The molecular formula is C14H18ClN3. The summed E-state index contributed by atoms with van der Waals surface area (Å²) in [6.07, 6.45) is 2.07. The zero-order chi connectivity index (χ0) is 11.7. The minimum Gasteiger partial charge on any atom is -0.372 e. The maximum Gasteiger partial charge on any atom is 0.0967 e. The first-order valence-electron chi connectivity index (χ1n) is 6.18. The van der Waals surface area contributed by atoms with Gasteiger partial charge in [0.15, 0.2) is 0 Å². The molecule has 0 fully saturated rings. The average Bonchev–Trinajstić information content (AvgIpc) is 2.93. The molecule has 4 heteroatoms. The molecule has 96 valence electrons. The number of H-pyrrole nitrogens is 1. The quantitative estimate of drug-likeness (QED) is 0.878. The molecule has 0 radical (unpaired) electrons. The zero-order valence-corrected chi connectivity index (χ0v) is 11.3. The lowest BCUT2D eigenvalue weighted by molar-refractivity contribution is 0.933. The Kier molecular flexibility index (Phi) is 3.92. The lowest BCUT2D eigenvalue weighted by atomic mass is 10.1. The van der Waals surface area contributed by atoms with Gasteiger partial charge in [0.1, 0.15) is 0 Å². The number of hydrogen-bond acceptors (Lipinski definition) is 2. The van der Waals surface area contributed by atoms with Gasteiger partial charge >= 0.3 is 0 Å². The van der Waals surface area contributed by atoms with Crippen LogP contribution in [-0.4, -0.2) is 23.9 Å². The number of aromatic amines is 1. The van der Waals surface area contributed by atoms with Crippen LogP contribution in [0.5, 0.6) is 0 Å². The van der Waals surface area contributed by atoms with E-state index in [4.69, 9.17) is 0 Å². The molecule has 3 nitrogen and oxygen atoms in total. The summed E-state index contributed by atoms with van der Waals surface area (Å²) in [4.78, 5) is 7.88. The highest BCUT2D eigenvalue weighted by Crippen LogP contribution is 2.23.